The smallest absolute Gasteiger partial charge is 0.167 e. The van der Waals surface area contributed by atoms with E-state index in [0.29, 0.717) is 12.2 Å². The summed E-state index contributed by atoms with van der Waals surface area (Å²) in [5, 5.41) is 0. The van der Waals surface area contributed by atoms with Gasteiger partial charge in [-0.1, -0.05) is 6.07 Å². The third kappa shape index (κ3) is 2.99. The Kier molecular flexibility index (Phi) is 4.40. The van der Waals surface area contributed by atoms with Crippen LogP contribution in [0, 0.1) is 5.82 Å². The summed E-state index contributed by atoms with van der Waals surface area (Å²) < 4.78 is 18.6. The second-order valence-corrected chi connectivity index (χ2v) is 4.38. The molecule has 4 nitrogen and oxygen atoms in total. The quantitative estimate of drug-likeness (QED) is 0.852. The van der Waals surface area contributed by atoms with Crippen LogP contribution in [0.25, 0.3) is 0 Å². The molecule has 0 radical (unpaired) electrons. The molecule has 0 saturated carbocycles. The van der Waals surface area contributed by atoms with E-state index in [1.165, 1.54) is 13.2 Å². The zero-order valence-electron chi connectivity index (χ0n) is 11.6. The molecular formula is C15H18FN3O. The molecule has 0 fully saturated rings. The molecule has 0 unspecified atom stereocenters. The van der Waals surface area contributed by atoms with Gasteiger partial charge in [-0.15, -0.1) is 0 Å². The summed E-state index contributed by atoms with van der Waals surface area (Å²) >= 11 is 0. The van der Waals surface area contributed by atoms with E-state index in [0.717, 1.165) is 17.9 Å². The van der Waals surface area contributed by atoms with Crippen LogP contribution in [0.4, 0.5) is 15.8 Å². The van der Waals surface area contributed by atoms with Gasteiger partial charge in [-0.2, -0.15) is 0 Å². The number of benzene rings is 1. The summed E-state index contributed by atoms with van der Waals surface area (Å²) in [4.78, 5) is 6.32. The molecule has 0 amide bonds. The Morgan fingerprint density at radius 3 is 2.75 bits per heavy atom. The number of nitrogens with two attached hydrogens (primary N) is 1. The van der Waals surface area contributed by atoms with Gasteiger partial charge in [0.05, 0.1) is 30.7 Å². The lowest BCUT2D eigenvalue weighted by Crippen LogP contribution is -2.23. The first-order chi connectivity index (χ1) is 9.65. The van der Waals surface area contributed by atoms with Crippen molar-refractivity contribution in [3.63, 3.8) is 0 Å². The maximum absolute atomic E-state index is 13.6. The van der Waals surface area contributed by atoms with Gasteiger partial charge in [0, 0.05) is 24.9 Å². The van der Waals surface area contributed by atoms with Gasteiger partial charge >= 0.3 is 0 Å². The van der Waals surface area contributed by atoms with Crippen LogP contribution in [0.2, 0.25) is 0 Å². The van der Waals surface area contributed by atoms with Gasteiger partial charge in [0.25, 0.3) is 0 Å². The number of nitrogens with zero attached hydrogens (tertiary/aromatic N) is 2. The number of methoxy groups -OCH3 is 1. The molecular weight excluding hydrogens is 257 g/mol. The Labute approximate surface area is 118 Å². The van der Waals surface area contributed by atoms with Crippen molar-refractivity contribution in [2.75, 3.05) is 24.3 Å². The molecule has 2 rings (SSSR count). The summed E-state index contributed by atoms with van der Waals surface area (Å²) in [6.07, 6.45) is 1.75. The summed E-state index contributed by atoms with van der Waals surface area (Å²) in [6, 6.07) is 8.66. The number of hydrogen-bond donors (Lipinski definition) is 1. The number of nitrogen functional groups attached to an aromatic ring is 1. The van der Waals surface area contributed by atoms with E-state index in [4.69, 9.17) is 10.5 Å². The zero-order chi connectivity index (χ0) is 14.5. The maximum Gasteiger partial charge on any atom is 0.167 e. The maximum atomic E-state index is 13.6. The summed E-state index contributed by atoms with van der Waals surface area (Å²) in [7, 11) is 1.44. The first-order valence-corrected chi connectivity index (χ1v) is 6.43. The van der Waals surface area contributed by atoms with Gasteiger partial charge in [0.2, 0.25) is 0 Å². The topological polar surface area (TPSA) is 51.4 Å². The highest BCUT2D eigenvalue weighted by molar-refractivity contribution is 5.70. The Balaban J connectivity index is 2.32. The van der Waals surface area contributed by atoms with E-state index in [1.807, 2.05) is 30.0 Å². The van der Waals surface area contributed by atoms with Crippen molar-refractivity contribution in [1.29, 1.82) is 0 Å². The number of pyridine rings is 1. The van der Waals surface area contributed by atoms with Crippen LogP contribution in [0.15, 0.2) is 36.5 Å². The van der Waals surface area contributed by atoms with E-state index in [-0.39, 0.29) is 5.75 Å². The lowest BCUT2D eigenvalue weighted by atomic mass is 10.2. The van der Waals surface area contributed by atoms with Crippen LogP contribution < -0.4 is 15.4 Å². The molecule has 0 aliphatic heterocycles. The van der Waals surface area contributed by atoms with Crippen LogP contribution in [-0.4, -0.2) is 18.6 Å². The van der Waals surface area contributed by atoms with Crippen LogP contribution in [-0.2, 0) is 6.54 Å². The fourth-order valence-electron chi connectivity index (χ4n) is 2.04. The molecule has 2 aromatic rings. The highest BCUT2D eigenvalue weighted by Gasteiger charge is 2.14. The van der Waals surface area contributed by atoms with Gasteiger partial charge in [-0.05, 0) is 19.1 Å². The number of anilines is 2. The minimum atomic E-state index is -0.456. The summed E-state index contributed by atoms with van der Waals surface area (Å²) in [6.45, 7) is 3.35. The van der Waals surface area contributed by atoms with Crippen molar-refractivity contribution in [3.8, 4) is 5.75 Å². The van der Waals surface area contributed by atoms with Crippen LogP contribution in [0.1, 0.15) is 12.6 Å². The van der Waals surface area contributed by atoms with Crippen LogP contribution >= 0.6 is 0 Å². The average Bonchev–Trinajstić information content (AvgIpc) is 2.46. The Morgan fingerprint density at radius 2 is 2.15 bits per heavy atom. The standard InChI is InChI=1S/C15H18FN3O/c1-3-19(10-11-6-4-5-7-18-11)14-9-15(20-2)12(16)8-13(14)17/h4-9H,3,10,17H2,1-2H3. The van der Waals surface area contributed by atoms with Gasteiger partial charge in [0.15, 0.2) is 11.6 Å². The molecule has 0 aliphatic carbocycles. The molecule has 0 bridgehead atoms. The molecule has 106 valence electrons. The SMILES string of the molecule is CCN(Cc1ccccn1)c1cc(OC)c(F)cc1N. The van der Waals surface area contributed by atoms with E-state index < -0.39 is 5.82 Å². The number of aromatic nitrogens is 1. The van der Waals surface area contributed by atoms with Crippen molar-refractivity contribution in [1.82, 2.24) is 4.98 Å². The number of rotatable bonds is 5. The van der Waals surface area contributed by atoms with Crippen molar-refractivity contribution < 1.29 is 9.13 Å². The highest BCUT2D eigenvalue weighted by atomic mass is 19.1. The normalized spacial score (nSPS) is 10.3. The van der Waals surface area contributed by atoms with Gasteiger partial charge in [-0.3, -0.25) is 4.98 Å². The fourth-order valence-corrected chi connectivity index (χ4v) is 2.04. The van der Waals surface area contributed by atoms with E-state index in [2.05, 4.69) is 4.98 Å². The highest BCUT2D eigenvalue weighted by Crippen LogP contribution is 2.31. The third-order valence-electron chi connectivity index (χ3n) is 3.10. The number of halogens is 1. The van der Waals surface area contributed by atoms with Crippen molar-refractivity contribution in [3.05, 3.63) is 48.0 Å². The average molecular weight is 275 g/mol. The molecule has 0 spiro atoms. The van der Waals surface area contributed by atoms with Crippen molar-refractivity contribution in [2.24, 2.45) is 0 Å². The predicted molar refractivity (Wildman–Crippen MR) is 78.3 cm³/mol. The Bertz CT molecular complexity index is 575. The second-order valence-electron chi connectivity index (χ2n) is 4.38. The lowest BCUT2D eigenvalue weighted by Gasteiger charge is -2.25. The molecule has 20 heavy (non-hydrogen) atoms. The van der Waals surface area contributed by atoms with Gasteiger partial charge in [-0.25, -0.2) is 4.39 Å². The van der Waals surface area contributed by atoms with E-state index >= 15 is 0 Å². The molecule has 0 atom stereocenters. The zero-order valence-corrected chi connectivity index (χ0v) is 11.6. The third-order valence-corrected chi connectivity index (χ3v) is 3.10. The first-order valence-electron chi connectivity index (χ1n) is 6.43. The monoisotopic (exact) mass is 275 g/mol. The largest absolute Gasteiger partial charge is 0.494 e. The summed E-state index contributed by atoms with van der Waals surface area (Å²) in [5.74, 6) is -0.267. The second kappa shape index (κ2) is 6.23. The molecule has 1 aromatic carbocycles. The lowest BCUT2D eigenvalue weighted by molar-refractivity contribution is 0.386. The predicted octanol–water partition coefficient (Wildman–Crippen LogP) is 2.84. The minimum Gasteiger partial charge on any atom is -0.494 e. The Morgan fingerprint density at radius 1 is 1.35 bits per heavy atom. The van der Waals surface area contributed by atoms with E-state index in [1.54, 1.807) is 12.3 Å². The molecule has 0 saturated heterocycles. The molecule has 5 heteroatoms. The minimum absolute atomic E-state index is 0.189. The summed E-state index contributed by atoms with van der Waals surface area (Å²) in [5.41, 5.74) is 7.98. The molecule has 1 aromatic heterocycles. The first kappa shape index (κ1) is 14.1. The molecule has 0 aliphatic rings. The number of ether oxygens (including phenoxy) is 1. The molecule has 2 N–H and O–H groups in total. The van der Waals surface area contributed by atoms with Crippen molar-refractivity contribution in [2.45, 2.75) is 13.5 Å². The van der Waals surface area contributed by atoms with Crippen LogP contribution in [0.5, 0.6) is 5.75 Å². The van der Waals surface area contributed by atoms with E-state index in [9.17, 15) is 4.39 Å². The van der Waals surface area contributed by atoms with Crippen LogP contribution in [0.3, 0.4) is 0 Å². The fraction of sp³-hybridized carbons (Fsp3) is 0.267. The van der Waals surface area contributed by atoms with Gasteiger partial charge in [0.1, 0.15) is 0 Å². The Hall–Kier alpha value is -2.30. The van der Waals surface area contributed by atoms with Crippen molar-refractivity contribution >= 4 is 11.4 Å². The molecule has 1 heterocycles. The number of hydrogen-bond acceptors (Lipinski definition) is 4. The van der Waals surface area contributed by atoms with Gasteiger partial charge < -0.3 is 15.4 Å².